The van der Waals surface area contributed by atoms with Gasteiger partial charge in [-0.2, -0.15) is 0 Å². The molecule has 3 nitrogen and oxygen atoms in total. The average molecular weight is 269 g/mol. The molecule has 0 radical (unpaired) electrons. The van der Waals surface area contributed by atoms with Gasteiger partial charge in [-0.15, -0.1) is 0 Å². The highest BCUT2D eigenvalue weighted by Crippen LogP contribution is 2.20. The highest BCUT2D eigenvalue weighted by atomic mass is 35.5. The molecule has 4 heteroatoms. The van der Waals surface area contributed by atoms with Crippen LogP contribution in [0.15, 0.2) is 24.3 Å². The van der Waals surface area contributed by atoms with E-state index in [1.54, 1.807) is 0 Å². The third-order valence-corrected chi connectivity index (χ3v) is 3.20. The molecule has 0 aliphatic heterocycles. The fourth-order valence-electron chi connectivity index (χ4n) is 1.53. The number of nitrogens with two attached hydrogens (primary N) is 1. The lowest BCUT2D eigenvalue weighted by molar-refractivity contribution is -0.125. The molecule has 0 bridgehead atoms. The third kappa shape index (κ3) is 4.00. The van der Waals surface area contributed by atoms with Crippen LogP contribution in [0.25, 0.3) is 0 Å². The zero-order chi connectivity index (χ0) is 13.9. The molecule has 0 aromatic heterocycles. The number of carbonyl (C=O) groups excluding carboxylic acids is 1. The van der Waals surface area contributed by atoms with Crippen LogP contribution in [0.5, 0.6) is 0 Å². The van der Waals surface area contributed by atoms with Crippen LogP contribution in [-0.4, -0.2) is 11.9 Å². The predicted octanol–water partition coefficient (Wildman–Crippen LogP) is 2.89. The Hall–Kier alpha value is -1.06. The number of halogens is 1. The maximum absolute atomic E-state index is 12.0. The van der Waals surface area contributed by atoms with E-state index in [1.807, 2.05) is 52.0 Å². The van der Waals surface area contributed by atoms with Crippen molar-refractivity contribution in [2.24, 2.45) is 11.1 Å². The summed E-state index contributed by atoms with van der Waals surface area (Å²) in [6.07, 6.45) is 0. The van der Waals surface area contributed by atoms with Crippen molar-refractivity contribution < 1.29 is 4.79 Å². The topological polar surface area (TPSA) is 55.1 Å². The minimum atomic E-state index is -0.521. The SMILES string of the molecule is CC(NC(=O)[C@@H](N)C(C)(C)C)c1ccc(Cl)cc1. The van der Waals surface area contributed by atoms with E-state index >= 15 is 0 Å². The highest BCUT2D eigenvalue weighted by Gasteiger charge is 2.28. The maximum Gasteiger partial charge on any atom is 0.237 e. The molecule has 0 aliphatic carbocycles. The van der Waals surface area contributed by atoms with Crippen molar-refractivity contribution in [3.8, 4) is 0 Å². The van der Waals surface area contributed by atoms with Gasteiger partial charge in [-0.25, -0.2) is 0 Å². The molecule has 1 aromatic carbocycles. The molecule has 2 atom stereocenters. The van der Waals surface area contributed by atoms with Crippen LogP contribution in [-0.2, 0) is 4.79 Å². The maximum atomic E-state index is 12.0. The number of amides is 1. The van der Waals surface area contributed by atoms with Crippen molar-refractivity contribution in [1.82, 2.24) is 5.32 Å². The molecular weight excluding hydrogens is 248 g/mol. The summed E-state index contributed by atoms with van der Waals surface area (Å²) in [7, 11) is 0. The van der Waals surface area contributed by atoms with Crippen molar-refractivity contribution in [2.75, 3.05) is 0 Å². The number of rotatable bonds is 3. The van der Waals surface area contributed by atoms with E-state index in [0.717, 1.165) is 5.56 Å². The van der Waals surface area contributed by atoms with Gasteiger partial charge in [0.15, 0.2) is 0 Å². The minimum absolute atomic E-state index is 0.0804. The minimum Gasteiger partial charge on any atom is -0.348 e. The normalized spacial score (nSPS) is 15.0. The van der Waals surface area contributed by atoms with Crippen molar-refractivity contribution in [1.29, 1.82) is 0 Å². The van der Waals surface area contributed by atoms with Gasteiger partial charge in [-0.05, 0) is 30.0 Å². The van der Waals surface area contributed by atoms with Gasteiger partial charge >= 0.3 is 0 Å². The molecule has 1 amide bonds. The molecule has 0 heterocycles. The molecule has 1 aromatic rings. The Morgan fingerprint density at radius 3 is 2.22 bits per heavy atom. The summed E-state index contributed by atoms with van der Waals surface area (Å²) < 4.78 is 0. The molecule has 18 heavy (non-hydrogen) atoms. The molecule has 0 fully saturated rings. The zero-order valence-corrected chi connectivity index (χ0v) is 12.1. The first kappa shape index (κ1) is 15.0. The van der Waals surface area contributed by atoms with E-state index in [2.05, 4.69) is 5.32 Å². The molecule has 0 saturated carbocycles. The summed E-state index contributed by atoms with van der Waals surface area (Å²) in [5.41, 5.74) is 6.67. The molecule has 1 unspecified atom stereocenters. The monoisotopic (exact) mass is 268 g/mol. The van der Waals surface area contributed by atoms with Crippen LogP contribution in [0.1, 0.15) is 39.3 Å². The quantitative estimate of drug-likeness (QED) is 0.886. The van der Waals surface area contributed by atoms with Gasteiger partial charge in [0.05, 0.1) is 12.1 Å². The van der Waals surface area contributed by atoms with E-state index in [-0.39, 0.29) is 17.4 Å². The van der Waals surface area contributed by atoms with E-state index < -0.39 is 6.04 Å². The summed E-state index contributed by atoms with van der Waals surface area (Å²) in [6.45, 7) is 7.77. The molecule has 3 N–H and O–H groups in total. The van der Waals surface area contributed by atoms with Crippen LogP contribution in [0.2, 0.25) is 5.02 Å². The molecule has 0 saturated heterocycles. The first-order valence-corrected chi connectivity index (χ1v) is 6.41. The van der Waals surface area contributed by atoms with Crippen molar-refractivity contribution >= 4 is 17.5 Å². The smallest absolute Gasteiger partial charge is 0.237 e. The van der Waals surface area contributed by atoms with E-state index in [9.17, 15) is 4.79 Å². The van der Waals surface area contributed by atoms with Crippen LogP contribution in [0.4, 0.5) is 0 Å². The van der Waals surface area contributed by atoms with Gasteiger partial charge in [-0.1, -0.05) is 44.5 Å². The Labute approximate surface area is 114 Å². The molecule has 1 rings (SSSR count). The van der Waals surface area contributed by atoms with Crippen LogP contribution in [0.3, 0.4) is 0 Å². The van der Waals surface area contributed by atoms with Gasteiger partial charge in [0.1, 0.15) is 0 Å². The van der Waals surface area contributed by atoms with E-state index in [4.69, 9.17) is 17.3 Å². The Morgan fingerprint density at radius 2 is 1.78 bits per heavy atom. The van der Waals surface area contributed by atoms with Crippen LogP contribution in [0, 0.1) is 5.41 Å². The molecular formula is C14H21ClN2O. The van der Waals surface area contributed by atoms with Gasteiger partial charge in [0.25, 0.3) is 0 Å². The number of hydrogen-bond donors (Lipinski definition) is 2. The second-order valence-corrected chi connectivity index (χ2v) is 6.06. The lowest BCUT2D eigenvalue weighted by Gasteiger charge is -2.27. The number of carbonyl (C=O) groups is 1. The van der Waals surface area contributed by atoms with Gasteiger partial charge in [-0.3, -0.25) is 4.79 Å². The number of nitrogens with one attached hydrogen (secondary N) is 1. The number of benzene rings is 1. The largest absolute Gasteiger partial charge is 0.348 e. The molecule has 0 spiro atoms. The first-order valence-electron chi connectivity index (χ1n) is 6.03. The van der Waals surface area contributed by atoms with E-state index in [1.165, 1.54) is 0 Å². The molecule has 100 valence electrons. The fraction of sp³-hybridized carbons (Fsp3) is 0.500. The second-order valence-electron chi connectivity index (χ2n) is 5.63. The first-order chi connectivity index (χ1) is 8.21. The summed E-state index contributed by atoms with van der Waals surface area (Å²) in [5.74, 6) is -0.134. The third-order valence-electron chi connectivity index (χ3n) is 2.94. The second kappa shape index (κ2) is 5.72. The molecule has 0 aliphatic rings. The summed E-state index contributed by atoms with van der Waals surface area (Å²) in [4.78, 5) is 12.0. The van der Waals surface area contributed by atoms with Crippen molar-refractivity contribution in [3.05, 3.63) is 34.9 Å². The van der Waals surface area contributed by atoms with Crippen molar-refractivity contribution in [2.45, 2.75) is 39.8 Å². The van der Waals surface area contributed by atoms with Crippen LogP contribution < -0.4 is 11.1 Å². The summed E-state index contributed by atoms with van der Waals surface area (Å²) in [5, 5.41) is 3.60. The van der Waals surface area contributed by atoms with Gasteiger partial charge < -0.3 is 11.1 Å². The standard InChI is InChI=1S/C14H21ClN2O/c1-9(10-5-7-11(15)8-6-10)17-13(18)12(16)14(2,3)4/h5-9,12H,16H2,1-4H3,(H,17,18)/t9?,12-/m1/s1. The van der Waals surface area contributed by atoms with Gasteiger partial charge in [0, 0.05) is 5.02 Å². The predicted molar refractivity (Wildman–Crippen MR) is 75.4 cm³/mol. The number of hydrogen-bond acceptors (Lipinski definition) is 2. The zero-order valence-electron chi connectivity index (χ0n) is 11.3. The Balaban J connectivity index is 2.68. The van der Waals surface area contributed by atoms with E-state index in [0.29, 0.717) is 5.02 Å². The average Bonchev–Trinajstić information content (AvgIpc) is 2.27. The Bertz CT molecular complexity index is 409. The van der Waals surface area contributed by atoms with Crippen molar-refractivity contribution in [3.63, 3.8) is 0 Å². The lowest BCUT2D eigenvalue weighted by atomic mass is 9.86. The summed E-state index contributed by atoms with van der Waals surface area (Å²) in [6, 6.07) is 6.81. The summed E-state index contributed by atoms with van der Waals surface area (Å²) >= 11 is 5.83. The Morgan fingerprint density at radius 1 is 1.28 bits per heavy atom. The Kier molecular flexibility index (Phi) is 4.77. The van der Waals surface area contributed by atoms with Crippen LogP contribution >= 0.6 is 11.6 Å². The highest BCUT2D eigenvalue weighted by molar-refractivity contribution is 6.30. The van der Waals surface area contributed by atoms with Gasteiger partial charge in [0.2, 0.25) is 5.91 Å². The lowest BCUT2D eigenvalue weighted by Crippen LogP contribution is -2.49. The fourth-order valence-corrected chi connectivity index (χ4v) is 1.66.